The van der Waals surface area contributed by atoms with Crippen molar-refractivity contribution >= 4 is 29.6 Å². The minimum atomic E-state index is -5.23. The highest BCUT2D eigenvalue weighted by Gasteiger charge is 2.52. The smallest absolute Gasteiger partial charge is 0.456 e. The molecule has 1 fully saturated rings. The number of hydrogen-bond acceptors (Lipinski definition) is 8. The fraction of sp³-hybridized carbons (Fsp3) is 0.500. The highest BCUT2D eigenvalue weighted by atomic mass is 32.2. The van der Waals surface area contributed by atoms with Crippen LogP contribution in [0.4, 0.5) is 13.2 Å². The lowest BCUT2D eigenvalue weighted by atomic mass is 9.96. The van der Waals surface area contributed by atoms with Gasteiger partial charge in [0.05, 0.1) is 6.54 Å². The molecule has 0 saturated carbocycles. The number of amides is 1. The molecule has 0 bridgehead atoms. The molecule has 1 aliphatic heterocycles. The molecule has 1 N–H and O–H groups in total. The minimum Gasteiger partial charge on any atom is -0.456 e. The number of benzene rings is 1. The van der Waals surface area contributed by atoms with Crippen LogP contribution in [0.5, 0.6) is 0 Å². The number of alkyl halides is 3. The minimum absolute atomic E-state index is 0.377. The van der Waals surface area contributed by atoms with Crippen molar-refractivity contribution in [2.24, 2.45) is 5.11 Å². The third-order valence-electron chi connectivity index (χ3n) is 4.13. The average Bonchev–Trinajstić information content (AvgIpc) is 2.70. The molecular weight excluding hydrogens is 457 g/mol. The molecule has 1 aromatic rings. The van der Waals surface area contributed by atoms with Gasteiger partial charge in [-0.2, -0.15) is 13.2 Å². The topological polar surface area (TPSA) is 140 Å². The second-order valence-electron chi connectivity index (χ2n) is 6.53. The number of ether oxygens (including phenoxy) is 3. The highest BCUT2D eigenvalue weighted by molar-refractivity contribution is 7.99. The number of thioether (sulfide) groups is 1. The van der Waals surface area contributed by atoms with E-state index in [1.807, 2.05) is 0 Å². The number of carbonyl (C=O) groups excluding carboxylic acids is 3. The first kappa shape index (κ1) is 25.3. The van der Waals surface area contributed by atoms with Crippen LogP contribution in [0, 0.1) is 0 Å². The second-order valence-corrected chi connectivity index (χ2v) is 7.70. The van der Waals surface area contributed by atoms with Crippen molar-refractivity contribution in [2.45, 2.75) is 54.7 Å². The third kappa shape index (κ3) is 7.04. The van der Waals surface area contributed by atoms with Crippen molar-refractivity contribution in [1.82, 2.24) is 5.32 Å². The molecule has 10 nitrogen and oxygen atoms in total. The maximum atomic E-state index is 13.0. The van der Waals surface area contributed by atoms with Gasteiger partial charge in [-0.25, -0.2) is 0 Å². The molecule has 1 heterocycles. The van der Waals surface area contributed by atoms with Crippen molar-refractivity contribution in [1.29, 1.82) is 0 Å². The molecule has 14 heteroatoms. The summed E-state index contributed by atoms with van der Waals surface area (Å²) in [5.41, 5.74) is 7.44. The Morgan fingerprint density at radius 2 is 1.75 bits per heavy atom. The number of carbonyl (C=O) groups is 3. The molecule has 5 atom stereocenters. The summed E-state index contributed by atoms with van der Waals surface area (Å²) < 4.78 is 55.1. The van der Waals surface area contributed by atoms with E-state index in [2.05, 4.69) is 10.0 Å². The lowest BCUT2D eigenvalue weighted by Crippen LogP contribution is -2.66. The second kappa shape index (κ2) is 11.1. The van der Waals surface area contributed by atoms with Crippen LogP contribution >= 0.6 is 11.8 Å². The molecular formula is C18H19F3N4O6S. The van der Waals surface area contributed by atoms with Crippen molar-refractivity contribution in [2.75, 3.05) is 6.54 Å². The summed E-state index contributed by atoms with van der Waals surface area (Å²) in [6.45, 7) is 1.66. The van der Waals surface area contributed by atoms with Crippen LogP contribution in [0.1, 0.15) is 13.8 Å². The molecule has 0 aliphatic carbocycles. The fourth-order valence-corrected chi connectivity index (χ4v) is 4.10. The molecule has 0 aromatic heterocycles. The van der Waals surface area contributed by atoms with E-state index in [0.717, 1.165) is 25.6 Å². The maximum absolute atomic E-state index is 13.0. The zero-order chi connectivity index (χ0) is 23.9. The maximum Gasteiger partial charge on any atom is 0.471 e. The van der Waals surface area contributed by atoms with Gasteiger partial charge in [0.15, 0.2) is 12.2 Å². The Balaban J connectivity index is 2.50. The third-order valence-corrected chi connectivity index (χ3v) is 5.31. The Morgan fingerprint density at radius 1 is 1.16 bits per heavy atom. The van der Waals surface area contributed by atoms with E-state index in [-0.39, 0.29) is 6.54 Å². The van der Waals surface area contributed by atoms with Crippen molar-refractivity contribution in [3.63, 3.8) is 0 Å². The first-order chi connectivity index (χ1) is 15.0. The predicted octanol–water partition coefficient (Wildman–Crippen LogP) is 2.72. The molecule has 1 amide bonds. The van der Waals surface area contributed by atoms with Gasteiger partial charge < -0.3 is 19.5 Å². The normalized spacial score (nSPS) is 25.2. The van der Waals surface area contributed by atoms with Gasteiger partial charge in [0.25, 0.3) is 0 Å². The van der Waals surface area contributed by atoms with Gasteiger partial charge in [-0.3, -0.25) is 14.4 Å². The summed E-state index contributed by atoms with van der Waals surface area (Å²) in [4.78, 5) is 38.3. The van der Waals surface area contributed by atoms with E-state index in [9.17, 15) is 27.6 Å². The van der Waals surface area contributed by atoms with E-state index in [4.69, 9.17) is 19.7 Å². The van der Waals surface area contributed by atoms with E-state index in [1.165, 1.54) is 0 Å². The molecule has 0 spiro atoms. The molecule has 2 rings (SSSR count). The standard InChI is InChI=1S/C18H19F3N4O6S/c1-9(26)29-14-12(8-23-25-22)31-16(32-11-6-4-3-5-7-11)13(15(14)30-10(2)27)24-17(28)18(19,20)21/h3-7,12-16H,8H2,1-2H3,(H,24,28)/t12?,13?,14-,15?,16+/m1/s1. The monoisotopic (exact) mass is 476 g/mol. The van der Waals surface area contributed by atoms with E-state index in [0.29, 0.717) is 4.90 Å². The zero-order valence-corrected chi connectivity index (χ0v) is 17.6. The number of nitrogens with one attached hydrogen (secondary N) is 1. The van der Waals surface area contributed by atoms with E-state index >= 15 is 0 Å². The van der Waals surface area contributed by atoms with Crippen LogP contribution in [-0.2, 0) is 28.6 Å². The summed E-state index contributed by atoms with van der Waals surface area (Å²) in [5, 5.41) is 5.16. The number of nitrogens with zero attached hydrogens (tertiary/aromatic N) is 3. The Labute approximate surface area is 184 Å². The molecule has 1 aliphatic rings. The Hall–Kier alpha value is -2.96. The fourth-order valence-electron chi connectivity index (χ4n) is 2.95. The summed E-state index contributed by atoms with van der Waals surface area (Å²) in [6, 6.07) is 6.81. The van der Waals surface area contributed by atoms with Crippen LogP contribution in [0.15, 0.2) is 40.3 Å². The van der Waals surface area contributed by atoms with Gasteiger partial charge in [-0.05, 0) is 17.7 Å². The molecule has 1 saturated heterocycles. The average molecular weight is 476 g/mol. The molecule has 0 radical (unpaired) electrons. The summed E-state index contributed by atoms with van der Waals surface area (Å²) in [6.07, 6.45) is -9.41. The summed E-state index contributed by atoms with van der Waals surface area (Å²) in [7, 11) is 0. The number of azide groups is 1. The van der Waals surface area contributed by atoms with Crippen LogP contribution in [0.3, 0.4) is 0 Å². The van der Waals surface area contributed by atoms with Gasteiger partial charge in [-0.15, -0.1) is 0 Å². The molecule has 174 valence electrons. The van der Waals surface area contributed by atoms with Gasteiger partial charge >= 0.3 is 24.0 Å². The number of halogens is 3. The first-order valence-electron chi connectivity index (χ1n) is 9.13. The Morgan fingerprint density at radius 3 is 2.28 bits per heavy atom. The lowest BCUT2D eigenvalue weighted by Gasteiger charge is -2.45. The van der Waals surface area contributed by atoms with Crippen molar-refractivity contribution in [3.05, 3.63) is 40.8 Å². The molecule has 32 heavy (non-hydrogen) atoms. The van der Waals surface area contributed by atoms with E-state index < -0.39 is 53.8 Å². The zero-order valence-electron chi connectivity index (χ0n) is 16.8. The molecule has 1 aromatic carbocycles. The van der Waals surface area contributed by atoms with Crippen LogP contribution < -0.4 is 5.32 Å². The highest BCUT2D eigenvalue weighted by Crippen LogP contribution is 2.36. The first-order valence-corrected chi connectivity index (χ1v) is 10.0. The van der Waals surface area contributed by atoms with Crippen LogP contribution in [0.25, 0.3) is 10.4 Å². The SMILES string of the molecule is CC(=O)OC1C(NC(=O)C(F)(F)F)[C@H](Sc2ccccc2)OC(CN=[N+]=[N-])[C@H]1OC(C)=O. The lowest BCUT2D eigenvalue weighted by molar-refractivity contribution is -0.206. The van der Waals surface area contributed by atoms with Gasteiger partial charge in [0.1, 0.15) is 17.6 Å². The van der Waals surface area contributed by atoms with Gasteiger partial charge in [0, 0.05) is 23.7 Å². The van der Waals surface area contributed by atoms with Gasteiger partial charge in [-0.1, -0.05) is 35.1 Å². The van der Waals surface area contributed by atoms with E-state index in [1.54, 1.807) is 35.6 Å². The Kier molecular flexibility index (Phi) is 8.75. The van der Waals surface area contributed by atoms with Crippen LogP contribution in [-0.4, -0.2) is 60.4 Å². The quantitative estimate of drug-likeness (QED) is 0.276. The van der Waals surface area contributed by atoms with Crippen molar-refractivity contribution < 1.29 is 41.8 Å². The number of esters is 2. The summed E-state index contributed by atoms with van der Waals surface area (Å²) >= 11 is 0.943. The Bertz CT molecular complexity index is 881. The van der Waals surface area contributed by atoms with Gasteiger partial charge in [0.2, 0.25) is 0 Å². The molecule has 3 unspecified atom stereocenters. The van der Waals surface area contributed by atoms with Crippen LogP contribution in [0.2, 0.25) is 0 Å². The van der Waals surface area contributed by atoms with Crippen molar-refractivity contribution in [3.8, 4) is 0 Å². The predicted molar refractivity (Wildman–Crippen MR) is 104 cm³/mol. The largest absolute Gasteiger partial charge is 0.471 e. The number of hydrogen-bond donors (Lipinski definition) is 1. The number of rotatable bonds is 7. The summed E-state index contributed by atoms with van der Waals surface area (Å²) in [5.74, 6) is -4.04.